The molecule has 0 saturated heterocycles. The molecule has 24 heavy (non-hydrogen) atoms. The van der Waals surface area contributed by atoms with Crippen LogP contribution in [0.4, 0.5) is 13.2 Å². The summed E-state index contributed by atoms with van der Waals surface area (Å²) in [6.07, 6.45) is 1.92. The molecule has 0 unspecified atom stereocenters. The maximum Gasteiger partial charge on any atom is 0.453 e. The summed E-state index contributed by atoms with van der Waals surface area (Å²) in [5.74, 6) is -1.01. The van der Waals surface area contributed by atoms with Crippen molar-refractivity contribution in [2.75, 3.05) is 0 Å². The average molecular weight is 334 g/mol. The maximum absolute atomic E-state index is 12.8. The first-order valence-electron chi connectivity index (χ1n) is 6.75. The summed E-state index contributed by atoms with van der Waals surface area (Å²) in [5, 5.41) is 9.60. The number of rotatable bonds is 2. The molecule has 0 amide bonds. The van der Waals surface area contributed by atoms with Crippen LogP contribution < -0.4 is 0 Å². The third-order valence-electron chi connectivity index (χ3n) is 3.35. The third kappa shape index (κ3) is 2.21. The van der Waals surface area contributed by atoms with Crippen LogP contribution in [0.5, 0.6) is 0 Å². The van der Waals surface area contributed by atoms with Crippen molar-refractivity contribution in [3.63, 3.8) is 0 Å². The van der Waals surface area contributed by atoms with Gasteiger partial charge in [-0.3, -0.25) is 14.2 Å². The molecule has 4 aromatic heterocycles. The highest BCUT2D eigenvalue weighted by atomic mass is 19.4. The topological polar surface area (TPSA) is 89.6 Å². The second kappa shape index (κ2) is 4.88. The zero-order chi connectivity index (χ0) is 16.9. The summed E-state index contributed by atoms with van der Waals surface area (Å²) in [6, 6.07) is 1.69. The SMILES string of the molecule is Cn1cc(-c2c(-c3nc(C(F)(F)F)n[nH]3)nc3ncccn23)cn1. The van der Waals surface area contributed by atoms with E-state index in [1.807, 2.05) is 0 Å². The van der Waals surface area contributed by atoms with E-state index >= 15 is 0 Å². The Morgan fingerprint density at radius 1 is 1.21 bits per heavy atom. The Morgan fingerprint density at radius 2 is 2.04 bits per heavy atom. The van der Waals surface area contributed by atoms with E-state index in [9.17, 15) is 13.2 Å². The van der Waals surface area contributed by atoms with Gasteiger partial charge in [0.2, 0.25) is 5.78 Å². The summed E-state index contributed by atoms with van der Waals surface area (Å²) in [5.41, 5.74) is 1.40. The van der Waals surface area contributed by atoms with E-state index in [1.54, 1.807) is 47.0 Å². The van der Waals surface area contributed by atoms with Crippen molar-refractivity contribution in [2.45, 2.75) is 6.18 Å². The van der Waals surface area contributed by atoms with Crippen LogP contribution in [-0.4, -0.2) is 39.3 Å². The number of fused-ring (bicyclic) bond motifs is 1. The molecule has 0 bridgehead atoms. The quantitative estimate of drug-likeness (QED) is 0.605. The second-order valence-corrected chi connectivity index (χ2v) is 5.01. The summed E-state index contributed by atoms with van der Waals surface area (Å²) >= 11 is 0. The Balaban J connectivity index is 1.97. The monoisotopic (exact) mass is 334 g/mol. The van der Waals surface area contributed by atoms with E-state index < -0.39 is 12.0 Å². The molecule has 4 aromatic rings. The number of hydrogen-bond acceptors (Lipinski definition) is 5. The van der Waals surface area contributed by atoms with Gasteiger partial charge >= 0.3 is 6.18 Å². The number of nitrogens with one attached hydrogen (secondary N) is 1. The second-order valence-electron chi connectivity index (χ2n) is 5.01. The van der Waals surface area contributed by atoms with Gasteiger partial charge in [0.15, 0.2) is 5.82 Å². The van der Waals surface area contributed by atoms with E-state index in [0.29, 0.717) is 17.0 Å². The van der Waals surface area contributed by atoms with Gasteiger partial charge in [0.05, 0.1) is 11.9 Å². The Kier molecular flexibility index (Phi) is 2.92. The largest absolute Gasteiger partial charge is 0.453 e. The van der Waals surface area contributed by atoms with Crippen molar-refractivity contribution < 1.29 is 13.2 Å². The molecule has 4 rings (SSSR count). The molecule has 0 fully saturated rings. The van der Waals surface area contributed by atoms with Gasteiger partial charge in [-0.1, -0.05) is 0 Å². The van der Waals surface area contributed by atoms with Crippen molar-refractivity contribution in [1.29, 1.82) is 0 Å². The number of imidazole rings is 1. The number of halogens is 3. The number of alkyl halides is 3. The molecule has 1 N–H and O–H groups in total. The fourth-order valence-electron chi connectivity index (χ4n) is 2.37. The summed E-state index contributed by atoms with van der Waals surface area (Å²) in [7, 11) is 1.74. The van der Waals surface area contributed by atoms with Crippen LogP contribution in [-0.2, 0) is 13.2 Å². The number of aryl methyl sites for hydroxylation is 1. The number of hydrogen-bond donors (Lipinski definition) is 1. The predicted octanol–water partition coefficient (Wildman–Crippen LogP) is 1.93. The Morgan fingerprint density at radius 3 is 2.71 bits per heavy atom. The first-order valence-corrected chi connectivity index (χ1v) is 6.75. The fourth-order valence-corrected chi connectivity index (χ4v) is 2.37. The lowest BCUT2D eigenvalue weighted by atomic mass is 10.2. The molecule has 0 radical (unpaired) electrons. The minimum Gasteiger partial charge on any atom is -0.283 e. The van der Waals surface area contributed by atoms with E-state index in [4.69, 9.17) is 0 Å². The lowest BCUT2D eigenvalue weighted by Gasteiger charge is -2.00. The molecule has 8 nitrogen and oxygen atoms in total. The molecule has 0 atom stereocenters. The molecule has 0 aliphatic rings. The standard InChI is InChI=1S/C13H9F3N8/c1-23-6-7(5-18-23)9-8(19-12-17-3-2-4-24(9)12)10-20-11(22-21-10)13(14,15)16/h2-6H,1H3,(H,20,21,22). The molecular weight excluding hydrogens is 325 g/mol. The molecule has 0 spiro atoms. The van der Waals surface area contributed by atoms with Gasteiger partial charge < -0.3 is 0 Å². The van der Waals surface area contributed by atoms with E-state index in [1.165, 1.54) is 0 Å². The predicted molar refractivity (Wildman–Crippen MR) is 75.6 cm³/mol. The van der Waals surface area contributed by atoms with E-state index in [2.05, 4.69) is 30.2 Å². The van der Waals surface area contributed by atoms with Crippen molar-refractivity contribution in [1.82, 2.24) is 39.3 Å². The molecule has 11 heteroatoms. The molecular formula is C13H9F3N8. The van der Waals surface area contributed by atoms with Gasteiger partial charge in [0.1, 0.15) is 5.69 Å². The first-order chi connectivity index (χ1) is 11.4. The lowest BCUT2D eigenvalue weighted by Crippen LogP contribution is -2.07. The molecule has 0 aromatic carbocycles. The van der Waals surface area contributed by atoms with Crippen LogP contribution >= 0.6 is 0 Å². The number of H-pyrrole nitrogens is 1. The van der Waals surface area contributed by atoms with Crippen molar-refractivity contribution in [3.8, 4) is 22.8 Å². The van der Waals surface area contributed by atoms with E-state index in [-0.39, 0.29) is 11.5 Å². The van der Waals surface area contributed by atoms with Gasteiger partial charge in [-0.2, -0.15) is 18.3 Å². The minimum atomic E-state index is -4.64. The van der Waals surface area contributed by atoms with Crippen molar-refractivity contribution in [3.05, 3.63) is 36.7 Å². The highest BCUT2D eigenvalue weighted by molar-refractivity contribution is 5.77. The van der Waals surface area contributed by atoms with Gasteiger partial charge in [0.25, 0.3) is 5.82 Å². The van der Waals surface area contributed by atoms with Crippen LogP contribution in [0.3, 0.4) is 0 Å². The summed E-state index contributed by atoms with van der Waals surface area (Å²) < 4.78 is 41.5. The van der Waals surface area contributed by atoms with Crippen LogP contribution in [0.25, 0.3) is 28.6 Å². The number of aromatic nitrogens is 8. The Labute approximate surface area is 132 Å². The van der Waals surface area contributed by atoms with Crippen molar-refractivity contribution in [2.24, 2.45) is 7.05 Å². The lowest BCUT2D eigenvalue weighted by molar-refractivity contribution is -0.144. The minimum absolute atomic E-state index is 0.0910. The molecule has 122 valence electrons. The Hall–Kier alpha value is -3.24. The molecule has 4 heterocycles. The van der Waals surface area contributed by atoms with Crippen LogP contribution in [0.15, 0.2) is 30.9 Å². The third-order valence-corrected chi connectivity index (χ3v) is 3.35. The number of nitrogens with zero attached hydrogens (tertiary/aromatic N) is 7. The van der Waals surface area contributed by atoms with Crippen LogP contribution in [0.2, 0.25) is 0 Å². The van der Waals surface area contributed by atoms with Gasteiger partial charge in [-0.05, 0) is 6.07 Å². The zero-order valence-corrected chi connectivity index (χ0v) is 12.2. The van der Waals surface area contributed by atoms with Crippen LogP contribution in [0.1, 0.15) is 5.82 Å². The summed E-state index contributed by atoms with van der Waals surface area (Å²) in [6.45, 7) is 0. The summed E-state index contributed by atoms with van der Waals surface area (Å²) in [4.78, 5) is 11.9. The van der Waals surface area contributed by atoms with E-state index in [0.717, 1.165) is 0 Å². The highest BCUT2D eigenvalue weighted by Crippen LogP contribution is 2.32. The Bertz CT molecular complexity index is 1030. The smallest absolute Gasteiger partial charge is 0.283 e. The highest BCUT2D eigenvalue weighted by Gasteiger charge is 2.36. The molecule has 0 saturated carbocycles. The van der Waals surface area contributed by atoms with Gasteiger partial charge in [-0.15, -0.1) is 5.10 Å². The maximum atomic E-state index is 12.8. The molecule has 0 aliphatic heterocycles. The zero-order valence-electron chi connectivity index (χ0n) is 12.2. The number of aromatic amines is 1. The van der Waals surface area contributed by atoms with Gasteiger partial charge in [-0.25, -0.2) is 15.0 Å². The van der Waals surface area contributed by atoms with Crippen molar-refractivity contribution >= 4 is 5.78 Å². The first kappa shape index (κ1) is 14.4. The normalized spacial score (nSPS) is 12.2. The molecule has 0 aliphatic carbocycles. The average Bonchev–Trinajstić information content (AvgIpc) is 3.22. The fraction of sp³-hybridized carbons (Fsp3) is 0.154. The van der Waals surface area contributed by atoms with Crippen LogP contribution in [0, 0.1) is 0 Å². The van der Waals surface area contributed by atoms with Gasteiger partial charge in [0, 0.05) is 31.2 Å².